The molecule has 5 heteroatoms. The van der Waals surface area contributed by atoms with E-state index in [2.05, 4.69) is 11.1 Å². The van der Waals surface area contributed by atoms with Crippen LogP contribution >= 0.6 is 0 Å². The number of benzene rings is 1. The van der Waals surface area contributed by atoms with Crippen molar-refractivity contribution in [1.29, 1.82) is 0 Å². The van der Waals surface area contributed by atoms with Crippen LogP contribution in [0.4, 0.5) is 5.69 Å². The second-order valence-corrected chi connectivity index (χ2v) is 6.86. The van der Waals surface area contributed by atoms with E-state index in [1.165, 1.54) is 0 Å². The van der Waals surface area contributed by atoms with Crippen LogP contribution in [0.15, 0.2) is 42.7 Å². The van der Waals surface area contributed by atoms with Crippen molar-refractivity contribution in [2.24, 2.45) is 5.92 Å². The number of nitrogens with zero attached hydrogens (tertiary/aromatic N) is 2. The minimum absolute atomic E-state index is 0.0187. The molecule has 2 atom stereocenters. The molecule has 0 N–H and O–H groups in total. The fourth-order valence-electron chi connectivity index (χ4n) is 3.48. The maximum Gasteiger partial charge on any atom is 0.231 e. The summed E-state index contributed by atoms with van der Waals surface area (Å²) in [6.07, 6.45) is 4.35. The SMILES string of the molecule is CC(C)N(C(=O)[C@H]1C[C@H]1c1ccc2c(c1)OCCO2)c1cccnc1. The predicted octanol–water partition coefficient (Wildman–Crippen LogP) is 3.40. The van der Waals surface area contributed by atoms with E-state index in [0.29, 0.717) is 13.2 Å². The number of carbonyl (C=O) groups is 1. The number of amides is 1. The number of anilines is 1. The molecule has 5 nitrogen and oxygen atoms in total. The zero-order valence-corrected chi connectivity index (χ0v) is 14.5. The largest absolute Gasteiger partial charge is 0.486 e. The van der Waals surface area contributed by atoms with Gasteiger partial charge in [0.1, 0.15) is 13.2 Å². The summed E-state index contributed by atoms with van der Waals surface area (Å²) in [5.74, 6) is 2.02. The average molecular weight is 338 g/mol. The third kappa shape index (κ3) is 3.06. The molecule has 2 heterocycles. The van der Waals surface area contributed by atoms with Crippen LogP contribution in [0.2, 0.25) is 0 Å². The van der Waals surface area contributed by atoms with Gasteiger partial charge in [0.2, 0.25) is 5.91 Å². The van der Waals surface area contributed by atoms with Gasteiger partial charge in [-0.3, -0.25) is 9.78 Å². The van der Waals surface area contributed by atoms with E-state index in [9.17, 15) is 4.79 Å². The van der Waals surface area contributed by atoms with Crippen molar-refractivity contribution in [3.63, 3.8) is 0 Å². The molecule has 0 spiro atoms. The number of aromatic nitrogens is 1. The summed E-state index contributed by atoms with van der Waals surface area (Å²) in [5.41, 5.74) is 2.01. The Morgan fingerprint density at radius 1 is 1.20 bits per heavy atom. The topological polar surface area (TPSA) is 51.7 Å². The number of ether oxygens (including phenoxy) is 2. The summed E-state index contributed by atoms with van der Waals surface area (Å²) in [7, 11) is 0. The minimum atomic E-state index is 0.0187. The Kier molecular flexibility index (Phi) is 4.07. The fraction of sp³-hybridized carbons (Fsp3) is 0.400. The molecule has 1 aromatic carbocycles. The van der Waals surface area contributed by atoms with Crippen LogP contribution in [0.3, 0.4) is 0 Å². The molecule has 0 radical (unpaired) electrons. The first-order valence-electron chi connectivity index (χ1n) is 8.78. The number of hydrogen-bond donors (Lipinski definition) is 0. The van der Waals surface area contributed by atoms with Gasteiger partial charge in [-0.25, -0.2) is 0 Å². The molecular weight excluding hydrogens is 316 g/mol. The van der Waals surface area contributed by atoms with Crippen molar-refractivity contribution in [1.82, 2.24) is 4.98 Å². The van der Waals surface area contributed by atoms with E-state index < -0.39 is 0 Å². The maximum atomic E-state index is 13.1. The highest BCUT2D eigenvalue weighted by atomic mass is 16.6. The number of rotatable bonds is 4. The predicted molar refractivity (Wildman–Crippen MR) is 95.1 cm³/mol. The summed E-state index contributed by atoms with van der Waals surface area (Å²) in [5, 5.41) is 0. The molecule has 1 aliphatic heterocycles. The minimum Gasteiger partial charge on any atom is -0.486 e. The lowest BCUT2D eigenvalue weighted by molar-refractivity contribution is -0.120. The van der Waals surface area contributed by atoms with Crippen LogP contribution < -0.4 is 14.4 Å². The Labute approximate surface area is 147 Å². The van der Waals surface area contributed by atoms with Crippen LogP contribution in [0.25, 0.3) is 0 Å². The van der Waals surface area contributed by atoms with E-state index in [0.717, 1.165) is 29.2 Å². The van der Waals surface area contributed by atoms with Crippen LogP contribution in [0, 0.1) is 5.92 Å². The van der Waals surface area contributed by atoms with Gasteiger partial charge in [0.05, 0.1) is 11.9 Å². The Morgan fingerprint density at radius 3 is 2.72 bits per heavy atom. The Hall–Kier alpha value is -2.56. The normalized spacial score (nSPS) is 21.1. The Balaban J connectivity index is 1.53. The summed E-state index contributed by atoms with van der Waals surface area (Å²) in [6.45, 7) is 5.23. The highest BCUT2D eigenvalue weighted by molar-refractivity contribution is 5.97. The first kappa shape index (κ1) is 15.9. The summed E-state index contributed by atoms with van der Waals surface area (Å²) < 4.78 is 11.2. The molecule has 4 rings (SSSR count). The Bertz CT molecular complexity index is 776. The van der Waals surface area contributed by atoms with Gasteiger partial charge in [-0.15, -0.1) is 0 Å². The van der Waals surface area contributed by atoms with Crippen molar-refractivity contribution in [3.05, 3.63) is 48.3 Å². The number of pyridine rings is 1. The van der Waals surface area contributed by atoms with E-state index in [4.69, 9.17) is 9.47 Å². The monoisotopic (exact) mass is 338 g/mol. The number of carbonyl (C=O) groups excluding carboxylic acids is 1. The average Bonchev–Trinajstić information content (AvgIpc) is 3.43. The van der Waals surface area contributed by atoms with Gasteiger partial charge < -0.3 is 14.4 Å². The summed E-state index contributed by atoms with van der Waals surface area (Å²) in [4.78, 5) is 19.1. The molecule has 2 aromatic rings. The lowest BCUT2D eigenvalue weighted by Gasteiger charge is -2.27. The van der Waals surface area contributed by atoms with Gasteiger partial charge in [0.25, 0.3) is 0 Å². The van der Waals surface area contributed by atoms with Crippen molar-refractivity contribution < 1.29 is 14.3 Å². The highest BCUT2D eigenvalue weighted by Crippen LogP contribution is 2.50. The van der Waals surface area contributed by atoms with E-state index in [-0.39, 0.29) is 23.8 Å². The first-order chi connectivity index (χ1) is 12.1. The summed E-state index contributed by atoms with van der Waals surface area (Å²) in [6, 6.07) is 9.92. The van der Waals surface area contributed by atoms with E-state index >= 15 is 0 Å². The van der Waals surface area contributed by atoms with Gasteiger partial charge in [-0.1, -0.05) is 6.07 Å². The van der Waals surface area contributed by atoms with Crippen LogP contribution in [0.5, 0.6) is 11.5 Å². The molecule has 130 valence electrons. The Morgan fingerprint density at radius 2 is 2.00 bits per heavy atom. The molecule has 1 fully saturated rings. The van der Waals surface area contributed by atoms with Crippen molar-refractivity contribution in [2.75, 3.05) is 18.1 Å². The van der Waals surface area contributed by atoms with Crippen LogP contribution in [-0.2, 0) is 4.79 Å². The first-order valence-corrected chi connectivity index (χ1v) is 8.78. The van der Waals surface area contributed by atoms with E-state index in [1.807, 2.05) is 43.0 Å². The molecule has 25 heavy (non-hydrogen) atoms. The molecule has 1 saturated carbocycles. The smallest absolute Gasteiger partial charge is 0.231 e. The second kappa shape index (κ2) is 6.39. The van der Waals surface area contributed by atoms with Crippen molar-refractivity contribution >= 4 is 11.6 Å². The molecule has 0 bridgehead atoms. The third-order valence-corrected chi connectivity index (χ3v) is 4.78. The van der Waals surface area contributed by atoms with Gasteiger partial charge >= 0.3 is 0 Å². The van der Waals surface area contributed by atoms with Crippen LogP contribution in [-0.4, -0.2) is 30.1 Å². The molecule has 1 aromatic heterocycles. The van der Waals surface area contributed by atoms with Gasteiger partial charge in [-0.05, 0) is 56.0 Å². The molecule has 1 aliphatic carbocycles. The zero-order valence-electron chi connectivity index (χ0n) is 14.5. The van der Waals surface area contributed by atoms with Crippen molar-refractivity contribution in [3.8, 4) is 11.5 Å². The summed E-state index contributed by atoms with van der Waals surface area (Å²) >= 11 is 0. The fourth-order valence-corrected chi connectivity index (χ4v) is 3.48. The number of fused-ring (bicyclic) bond motifs is 1. The standard InChI is InChI=1S/C20H22N2O3/c1-13(2)22(15-4-3-7-21-12-15)20(23)17-11-16(17)14-5-6-18-19(10-14)25-9-8-24-18/h3-7,10,12-13,16-17H,8-9,11H2,1-2H3/t16-,17-/m0/s1. The van der Waals surface area contributed by atoms with Gasteiger partial charge in [0.15, 0.2) is 11.5 Å². The lowest BCUT2D eigenvalue weighted by atomic mass is 10.1. The molecule has 1 amide bonds. The lowest BCUT2D eigenvalue weighted by Crippen LogP contribution is -2.38. The van der Waals surface area contributed by atoms with Gasteiger partial charge in [0, 0.05) is 18.2 Å². The number of hydrogen-bond acceptors (Lipinski definition) is 4. The second-order valence-electron chi connectivity index (χ2n) is 6.86. The third-order valence-electron chi connectivity index (χ3n) is 4.78. The zero-order chi connectivity index (χ0) is 17.4. The maximum absolute atomic E-state index is 13.1. The van der Waals surface area contributed by atoms with Crippen molar-refractivity contribution in [2.45, 2.75) is 32.2 Å². The van der Waals surface area contributed by atoms with Crippen LogP contribution in [0.1, 0.15) is 31.7 Å². The van der Waals surface area contributed by atoms with E-state index in [1.54, 1.807) is 12.4 Å². The highest BCUT2D eigenvalue weighted by Gasteiger charge is 2.46. The quantitative estimate of drug-likeness (QED) is 0.857. The van der Waals surface area contributed by atoms with Gasteiger partial charge in [-0.2, -0.15) is 0 Å². The molecule has 0 unspecified atom stereocenters. The molecular formula is C20H22N2O3. The molecule has 0 saturated heterocycles. The molecule has 2 aliphatic rings.